The van der Waals surface area contributed by atoms with Gasteiger partial charge < -0.3 is 10.2 Å². The number of nitrogens with zero attached hydrogens (tertiary/aromatic N) is 4. The van der Waals surface area contributed by atoms with Gasteiger partial charge in [-0.1, -0.05) is 6.92 Å². The van der Waals surface area contributed by atoms with E-state index in [9.17, 15) is 13.6 Å². The molecule has 0 aromatic carbocycles. The van der Waals surface area contributed by atoms with Crippen LogP contribution in [0.3, 0.4) is 0 Å². The number of aromatic nitrogens is 3. The van der Waals surface area contributed by atoms with Crippen LogP contribution < -0.4 is 10.2 Å². The van der Waals surface area contributed by atoms with Crippen molar-refractivity contribution in [1.29, 1.82) is 0 Å². The van der Waals surface area contributed by atoms with Gasteiger partial charge in [-0.2, -0.15) is 8.78 Å². The van der Waals surface area contributed by atoms with Crippen molar-refractivity contribution in [2.75, 3.05) is 16.8 Å². The number of rotatable bonds is 4. The average Bonchev–Trinajstić information content (AvgIpc) is 3.31. The summed E-state index contributed by atoms with van der Waals surface area (Å²) in [6, 6.07) is 3.51. The highest BCUT2D eigenvalue weighted by atomic mass is 19.3. The van der Waals surface area contributed by atoms with Gasteiger partial charge in [-0.25, -0.2) is 15.0 Å². The van der Waals surface area contributed by atoms with Gasteiger partial charge in [0.15, 0.2) is 0 Å². The lowest BCUT2D eigenvalue weighted by atomic mass is 10.0. The van der Waals surface area contributed by atoms with Crippen molar-refractivity contribution in [1.82, 2.24) is 15.0 Å². The van der Waals surface area contributed by atoms with Crippen LogP contribution in [0.25, 0.3) is 0 Å². The van der Waals surface area contributed by atoms with E-state index in [2.05, 4.69) is 20.3 Å². The van der Waals surface area contributed by atoms with Crippen LogP contribution in [0.2, 0.25) is 0 Å². The van der Waals surface area contributed by atoms with E-state index < -0.39 is 11.7 Å². The smallest absolute Gasteiger partial charge is 0.306 e. The summed E-state index contributed by atoms with van der Waals surface area (Å²) in [6.45, 7) is 5.20. The highest BCUT2D eigenvalue weighted by Crippen LogP contribution is 2.58. The van der Waals surface area contributed by atoms with Crippen molar-refractivity contribution in [2.45, 2.75) is 51.4 Å². The summed E-state index contributed by atoms with van der Waals surface area (Å²) in [6.07, 6.45) is 3.48. The van der Waals surface area contributed by atoms with E-state index in [-0.39, 0.29) is 17.7 Å². The molecule has 3 heterocycles. The Labute approximate surface area is 156 Å². The third-order valence-corrected chi connectivity index (χ3v) is 5.25. The third kappa shape index (κ3) is 3.02. The van der Waals surface area contributed by atoms with Crippen molar-refractivity contribution < 1.29 is 13.6 Å². The number of hydrogen-bond donors (Lipinski definition) is 1. The molecule has 1 fully saturated rings. The molecule has 2 aromatic heterocycles. The minimum atomic E-state index is -3.07. The molecule has 1 amide bonds. The summed E-state index contributed by atoms with van der Waals surface area (Å²) in [5.74, 6) is -2.84. The first-order chi connectivity index (χ1) is 12.7. The summed E-state index contributed by atoms with van der Waals surface area (Å²) in [5.41, 5.74) is 2.44. The second-order valence-electron chi connectivity index (χ2n) is 7.38. The van der Waals surface area contributed by atoms with Crippen LogP contribution in [0.4, 0.5) is 26.1 Å². The lowest BCUT2D eigenvalue weighted by molar-refractivity contribution is -0.114. The molecule has 27 heavy (non-hydrogen) atoms. The van der Waals surface area contributed by atoms with Crippen LogP contribution in [-0.2, 0) is 16.1 Å². The van der Waals surface area contributed by atoms with Crippen LogP contribution in [0, 0.1) is 6.92 Å². The van der Waals surface area contributed by atoms with E-state index in [1.165, 1.54) is 13.8 Å². The summed E-state index contributed by atoms with van der Waals surface area (Å²) < 4.78 is 28.4. The quantitative estimate of drug-likeness (QED) is 0.882. The third-order valence-electron chi connectivity index (χ3n) is 5.25. The number of pyridine rings is 1. The number of anilines is 3. The molecule has 8 heteroatoms. The number of carbonyl (C=O) groups excluding carboxylic acids is 1. The van der Waals surface area contributed by atoms with E-state index in [4.69, 9.17) is 0 Å². The first kappa shape index (κ1) is 17.8. The first-order valence-corrected chi connectivity index (χ1v) is 9.04. The van der Waals surface area contributed by atoms with E-state index in [1.807, 2.05) is 4.90 Å². The molecule has 6 nitrogen and oxygen atoms in total. The largest absolute Gasteiger partial charge is 0.325 e. The second kappa shape index (κ2) is 5.94. The number of fused-ring (bicyclic) bond motifs is 2. The zero-order valence-corrected chi connectivity index (χ0v) is 15.5. The molecular formula is C19H21F2N5O. The Morgan fingerprint density at radius 3 is 2.70 bits per heavy atom. The summed E-state index contributed by atoms with van der Waals surface area (Å²) in [4.78, 5) is 25.8. The van der Waals surface area contributed by atoms with E-state index in [1.54, 1.807) is 25.3 Å². The molecule has 1 aliphatic heterocycles. The number of alkyl halides is 2. The second-order valence-corrected chi connectivity index (χ2v) is 7.38. The molecule has 2 aromatic rings. The zero-order chi connectivity index (χ0) is 19.4. The van der Waals surface area contributed by atoms with Gasteiger partial charge in [-0.05, 0) is 19.8 Å². The normalized spacial score (nSPS) is 17.1. The molecule has 0 bridgehead atoms. The van der Waals surface area contributed by atoms with Crippen molar-refractivity contribution in [3.05, 3.63) is 35.4 Å². The number of amides is 1. The Hall–Kier alpha value is -2.64. The average molecular weight is 373 g/mol. The number of halogens is 2. The van der Waals surface area contributed by atoms with Crippen molar-refractivity contribution in [2.24, 2.45) is 0 Å². The van der Waals surface area contributed by atoms with Crippen LogP contribution in [0.5, 0.6) is 0 Å². The minimum absolute atomic E-state index is 0.00335. The lowest BCUT2D eigenvalue weighted by Crippen LogP contribution is -2.23. The summed E-state index contributed by atoms with van der Waals surface area (Å²) in [7, 11) is 0. The number of aryl methyl sites for hydroxylation is 1. The van der Waals surface area contributed by atoms with E-state index in [0.717, 1.165) is 24.1 Å². The number of nitrogens with one attached hydrogen (secondary N) is 1. The SMILES string of the molecule is CCC(F)(F)c1nc(C)cc(N2CC3(CC3)c3cnc(NC(C)=O)cc32)n1. The van der Waals surface area contributed by atoms with Crippen LogP contribution in [0.1, 0.15) is 50.2 Å². The molecule has 0 atom stereocenters. The van der Waals surface area contributed by atoms with Gasteiger partial charge in [0.25, 0.3) is 0 Å². The predicted molar refractivity (Wildman–Crippen MR) is 97.4 cm³/mol. The maximum atomic E-state index is 14.2. The van der Waals surface area contributed by atoms with Gasteiger partial charge in [0.2, 0.25) is 11.7 Å². The molecule has 2 aliphatic rings. The Balaban J connectivity index is 1.79. The Morgan fingerprint density at radius 1 is 1.33 bits per heavy atom. The standard InChI is InChI=1S/C19H21F2N5O/c1-4-19(20,21)17-23-11(2)7-16(25-17)26-10-18(5-6-18)13-9-22-15(8-14(13)26)24-12(3)27/h7-9H,4-6,10H2,1-3H3,(H,22,24,27). The van der Waals surface area contributed by atoms with Crippen molar-refractivity contribution in [3.63, 3.8) is 0 Å². The lowest BCUT2D eigenvalue weighted by Gasteiger charge is -2.22. The Bertz CT molecular complexity index is 926. The first-order valence-electron chi connectivity index (χ1n) is 9.04. The van der Waals surface area contributed by atoms with Gasteiger partial charge in [0.1, 0.15) is 11.6 Å². The molecule has 1 N–H and O–H groups in total. The van der Waals surface area contributed by atoms with Crippen LogP contribution >= 0.6 is 0 Å². The molecular weight excluding hydrogens is 352 g/mol. The maximum Gasteiger partial charge on any atom is 0.306 e. The fourth-order valence-electron chi connectivity index (χ4n) is 3.59. The topological polar surface area (TPSA) is 71.0 Å². The van der Waals surface area contributed by atoms with Gasteiger partial charge in [0.05, 0.1) is 5.69 Å². The number of carbonyl (C=O) groups is 1. The number of hydrogen-bond acceptors (Lipinski definition) is 5. The minimum Gasteiger partial charge on any atom is -0.325 e. The molecule has 0 saturated heterocycles. The van der Waals surface area contributed by atoms with Crippen LogP contribution in [0.15, 0.2) is 18.3 Å². The fourth-order valence-corrected chi connectivity index (χ4v) is 3.59. The van der Waals surface area contributed by atoms with E-state index in [0.29, 0.717) is 23.9 Å². The molecule has 1 spiro atoms. The Morgan fingerprint density at radius 2 is 2.07 bits per heavy atom. The molecule has 0 unspecified atom stereocenters. The van der Waals surface area contributed by atoms with Gasteiger partial charge >= 0.3 is 5.92 Å². The molecule has 4 rings (SSSR count). The van der Waals surface area contributed by atoms with Gasteiger partial charge in [-0.15, -0.1) is 0 Å². The Kier molecular flexibility index (Phi) is 3.90. The monoisotopic (exact) mass is 373 g/mol. The summed E-state index contributed by atoms with van der Waals surface area (Å²) >= 11 is 0. The maximum absolute atomic E-state index is 14.2. The molecule has 1 saturated carbocycles. The highest BCUT2D eigenvalue weighted by Gasteiger charge is 2.52. The molecule has 1 aliphatic carbocycles. The summed E-state index contributed by atoms with van der Waals surface area (Å²) in [5, 5.41) is 2.68. The van der Waals surface area contributed by atoms with Gasteiger partial charge in [-0.3, -0.25) is 4.79 Å². The molecule has 142 valence electrons. The van der Waals surface area contributed by atoms with Crippen LogP contribution in [-0.4, -0.2) is 27.4 Å². The van der Waals surface area contributed by atoms with Crippen molar-refractivity contribution >= 4 is 23.2 Å². The predicted octanol–water partition coefficient (Wildman–Crippen LogP) is 3.82. The van der Waals surface area contributed by atoms with Gasteiger partial charge in [0, 0.05) is 54.9 Å². The molecule has 0 radical (unpaired) electrons. The zero-order valence-electron chi connectivity index (χ0n) is 15.5. The highest BCUT2D eigenvalue weighted by molar-refractivity contribution is 5.89. The van der Waals surface area contributed by atoms with E-state index >= 15 is 0 Å². The van der Waals surface area contributed by atoms with Crippen molar-refractivity contribution in [3.8, 4) is 0 Å². The fraction of sp³-hybridized carbons (Fsp3) is 0.474.